The van der Waals surface area contributed by atoms with Gasteiger partial charge in [0.25, 0.3) is 0 Å². The third kappa shape index (κ3) is 3.11. The van der Waals surface area contributed by atoms with Crippen LogP contribution in [0.1, 0.15) is 48.2 Å². The number of nitrogens with zero attached hydrogens (tertiary/aromatic N) is 5. The third-order valence-electron chi connectivity index (χ3n) is 4.97. The second kappa shape index (κ2) is 6.83. The number of aryl methyl sites for hydroxylation is 1. The highest BCUT2D eigenvalue weighted by Gasteiger charge is 2.25. The summed E-state index contributed by atoms with van der Waals surface area (Å²) in [4.78, 5) is 12.3. The number of urea groups is 1. The van der Waals surface area contributed by atoms with E-state index in [1.165, 1.54) is 0 Å². The first-order valence-corrected chi connectivity index (χ1v) is 8.87. The van der Waals surface area contributed by atoms with Crippen LogP contribution in [-0.2, 0) is 32.5 Å². The number of aliphatic hydroxyl groups is 1. The molecule has 1 atom stereocenters. The number of rotatable bonds is 5. The minimum Gasteiger partial charge on any atom is -0.394 e. The number of fused-ring (bicyclic) bond motifs is 2. The van der Waals surface area contributed by atoms with Gasteiger partial charge in [-0.2, -0.15) is 5.10 Å². The van der Waals surface area contributed by atoms with E-state index in [9.17, 15) is 4.79 Å². The lowest BCUT2D eigenvalue weighted by atomic mass is 9.93. The molecule has 0 bridgehead atoms. The molecule has 2 aromatic heterocycles. The molecular formula is C16H23N7O2. The highest BCUT2D eigenvalue weighted by atomic mass is 16.3. The molecule has 1 aliphatic heterocycles. The SMILES string of the molecule is O=C(NCc1nnc2n1CCC2)N[C@H]1CCCc2c1cnn2CCO. The lowest BCUT2D eigenvalue weighted by Gasteiger charge is -2.24. The summed E-state index contributed by atoms with van der Waals surface area (Å²) in [7, 11) is 0. The van der Waals surface area contributed by atoms with Gasteiger partial charge in [0, 0.05) is 24.2 Å². The van der Waals surface area contributed by atoms with Crippen molar-refractivity contribution in [3.05, 3.63) is 29.1 Å². The van der Waals surface area contributed by atoms with Gasteiger partial charge in [-0.05, 0) is 25.7 Å². The Morgan fingerprint density at radius 1 is 1.32 bits per heavy atom. The van der Waals surface area contributed by atoms with E-state index in [0.717, 1.165) is 61.6 Å². The van der Waals surface area contributed by atoms with Gasteiger partial charge in [0.1, 0.15) is 5.82 Å². The van der Waals surface area contributed by atoms with Crippen LogP contribution in [0.2, 0.25) is 0 Å². The summed E-state index contributed by atoms with van der Waals surface area (Å²) < 4.78 is 3.92. The normalized spacial score (nSPS) is 18.7. The molecule has 0 aromatic carbocycles. The van der Waals surface area contributed by atoms with E-state index in [0.29, 0.717) is 13.1 Å². The van der Waals surface area contributed by atoms with E-state index in [1.807, 2.05) is 4.68 Å². The summed E-state index contributed by atoms with van der Waals surface area (Å²) in [6, 6.07) is -0.247. The fraction of sp³-hybridized carbons (Fsp3) is 0.625. The van der Waals surface area contributed by atoms with Crippen molar-refractivity contribution in [1.82, 2.24) is 35.2 Å². The fourth-order valence-electron chi connectivity index (χ4n) is 3.77. The van der Waals surface area contributed by atoms with Crippen LogP contribution >= 0.6 is 0 Å². The highest BCUT2D eigenvalue weighted by molar-refractivity contribution is 5.74. The van der Waals surface area contributed by atoms with Crippen LogP contribution in [0.4, 0.5) is 4.79 Å². The van der Waals surface area contributed by atoms with Crippen LogP contribution in [0.25, 0.3) is 0 Å². The summed E-state index contributed by atoms with van der Waals surface area (Å²) in [6.07, 6.45) is 6.68. The van der Waals surface area contributed by atoms with E-state index >= 15 is 0 Å². The Morgan fingerprint density at radius 2 is 2.24 bits per heavy atom. The molecule has 0 fully saturated rings. The van der Waals surface area contributed by atoms with E-state index in [2.05, 4.69) is 30.5 Å². The van der Waals surface area contributed by atoms with Gasteiger partial charge >= 0.3 is 6.03 Å². The molecule has 9 heteroatoms. The molecule has 2 amide bonds. The Hall–Kier alpha value is -2.42. The molecule has 0 saturated carbocycles. The van der Waals surface area contributed by atoms with Crippen LogP contribution in [-0.4, -0.2) is 42.3 Å². The molecule has 0 saturated heterocycles. The van der Waals surface area contributed by atoms with Crippen molar-refractivity contribution in [2.75, 3.05) is 6.61 Å². The Kier molecular flexibility index (Phi) is 4.39. The van der Waals surface area contributed by atoms with Crippen LogP contribution < -0.4 is 10.6 Å². The highest BCUT2D eigenvalue weighted by Crippen LogP contribution is 2.29. The Morgan fingerprint density at radius 3 is 3.12 bits per heavy atom. The predicted octanol–water partition coefficient (Wildman–Crippen LogP) is 0.290. The quantitative estimate of drug-likeness (QED) is 0.721. The third-order valence-corrected chi connectivity index (χ3v) is 4.97. The van der Waals surface area contributed by atoms with Crippen molar-refractivity contribution in [3.63, 3.8) is 0 Å². The first kappa shape index (κ1) is 16.1. The van der Waals surface area contributed by atoms with E-state index in [4.69, 9.17) is 5.11 Å². The largest absolute Gasteiger partial charge is 0.394 e. The topological polar surface area (TPSA) is 110 Å². The van der Waals surface area contributed by atoms with Gasteiger partial charge < -0.3 is 20.3 Å². The van der Waals surface area contributed by atoms with E-state index in [1.54, 1.807) is 6.20 Å². The van der Waals surface area contributed by atoms with Crippen molar-refractivity contribution in [2.24, 2.45) is 0 Å². The van der Waals surface area contributed by atoms with Crippen LogP contribution in [0, 0.1) is 0 Å². The molecule has 0 spiro atoms. The maximum Gasteiger partial charge on any atom is 0.315 e. The monoisotopic (exact) mass is 345 g/mol. The van der Waals surface area contributed by atoms with Crippen LogP contribution in [0.15, 0.2) is 6.20 Å². The zero-order valence-corrected chi connectivity index (χ0v) is 14.1. The van der Waals surface area contributed by atoms with Crippen molar-refractivity contribution in [1.29, 1.82) is 0 Å². The zero-order valence-electron chi connectivity index (χ0n) is 14.1. The van der Waals surface area contributed by atoms with Crippen molar-refractivity contribution < 1.29 is 9.90 Å². The molecule has 2 aromatic rings. The van der Waals surface area contributed by atoms with Gasteiger partial charge in [0.2, 0.25) is 0 Å². The first-order chi connectivity index (χ1) is 12.3. The Balaban J connectivity index is 1.37. The summed E-state index contributed by atoms with van der Waals surface area (Å²) in [5, 5.41) is 27.7. The maximum absolute atomic E-state index is 12.3. The second-order valence-electron chi connectivity index (χ2n) is 6.55. The standard InChI is InChI=1S/C16H23N7O2/c24-8-7-23-13-4-1-3-12(11(13)9-18-23)19-16(25)17-10-15-21-20-14-5-2-6-22(14)15/h9,12,24H,1-8,10H2,(H2,17,19,25)/t12-/m0/s1. The minimum absolute atomic E-state index is 0.0414. The number of hydrogen-bond acceptors (Lipinski definition) is 5. The van der Waals surface area contributed by atoms with Gasteiger partial charge in [0.15, 0.2) is 5.82 Å². The van der Waals surface area contributed by atoms with Crippen molar-refractivity contribution in [3.8, 4) is 0 Å². The summed E-state index contributed by atoms with van der Waals surface area (Å²) >= 11 is 0. The lowest BCUT2D eigenvalue weighted by molar-refractivity contribution is 0.234. The summed E-state index contributed by atoms with van der Waals surface area (Å²) in [5.41, 5.74) is 2.17. The summed E-state index contributed by atoms with van der Waals surface area (Å²) in [5.74, 6) is 1.81. The first-order valence-electron chi connectivity index (χ1n) is 8.87. The van der Waals surface area contributed by atoms with Crippen LogP contribution in [0.3, 0.4) is 0 Å². The number of amides is 2. The number of carbonyl (C=O) groups excluding carboxylic acids is 1. The van der Waals surface area contributed by atoms with Crippen molar-refractivity contribution in [2.45, 2.75) is 57.8 Å². The number of aliphatic hydroxyl groups excluding tert-OH is 1. The minimum atomic E-state index is -0.205. The molecule has 4 rings (SSSR count). The van der Waals surface area contributed by atoms with Crippen molar-refractivity contribution >= 4 is 6.03 Å². The average Bonchev–Trinajstić information content (AvgIpc) is 3.30. The van der Waals surface area contributed by atoms with Gasteiger partial charge in [0.05, 0.1) is 31.9 Å². The molecule has 134 valence electrons. The Bertz CT molecular complexity index is 767. The van der Waals surface area contributed by atoms with E-state index in [-0.39, 0.29) is 18.7 Å². The molecule has 0 unspecified atom stereocenters. The van der Waals surface area contributed by atoms with Gasteiger partial charge in [-0.3, -0.25) is 4.68 Å². The summed E-state index contributed by atoms with van der Waals surface area (Å²) in [6.45, 7) is 1.86. The Labute approximate surface area is 145 Å². The molecule has 0 radical (unpaired) electrons. The van der Waals surface area contributed by atoms with Crippen LogP contribution in [0.5, 0.6) is 0 Å². The van der Waals surface area contributed by atoms with Gasteiger partial charge in [-0.15, -0.1) is 10.2 Å². The zero-order chi connectivity index (χ0) is 17.2. The molecule has 2 aliphatic rings. The van der Waals surface area contributed by atoms with E-state index < -0.39 is 0 Å². The molecule has 25 heavy (non-hydrogen) atoms. The smallest absolute Gasteiger partial charge is 0.315 e. The maximum atomic E-state index is 12.3. The predicted molar refractivity (Wildman–Crippen MR) is 88.7 cm³/mol. The molecule has 1 aliphatic carbocycles. The number of nitrogens with one attached hydrogen (secondary N) is 2. The van der Waals surface area contributed by atoms with Gasteiger partial charge in [-0.25, -0.2) is 4.79 Å². The second-order valence-corrected chi connectivity index (χ2v) is 6.55. The lowest BCUT2D eigenvalue weighted by Crippen LogP contribution is -2.39. The average molecular weight is 345 g/mol. The fourth-order valence-corrected chi connectivity index (χ4v) is 3.77. The molecule has 3 heterocycles. The number of aromatic nitrogens is 5. The molecule has 3 N–H and O–H groups in total. The number of carbonyl (C=O) groups is 1. The molecular weight excluding hydrogens is 322 g/mol. The van der Waals surface area contributed by atoms with Gasteiger partial charge in [-0.1, -0.05) is 0 Å². The molecule has 9 nitrogen and oxygen atoms in total. The number of hydrogen-bond donors (Lipinski definition) is 3.